The average molecular weight is 238 g/mol. The van der Waals surface area contributed by atoms with Gasteiger partial charge in [0.25, 0.3) is 0 Å². The fourth-order valence-corrected chi connectivity index (χ4v) is 3.52. The van der Waals surface area contributed by atoms with Crippen molar-refractivity contribution in [3.63, 3.8) is 0 Å². The highest BCUT2D eigenvalue weighted by Crippen LogP contribution is 2.35. The average Bonchev–Trinajstić information content (AvgIpc) is 2.57. The molecule has 1 heterocycles. The van der Waals surface area contributed by atoms with Gasteiger partial charge in [0, 0.05) is 24.0 Å². The van der Waals surface area contributed by atoms with Gasteiger partial charge in [0.15, 0.2) is 0 Å². The summed E-state index contributed by atoms with van der Waals surface area (Å²) in [7, 11) is 0. The van der Waals surface area contributed by atoms with Gasteiger partial charge in [-0.1, -0.05) is 6.92 Å². The van der Waals surface area contributed by atoms with Crippen LogP contribution in [0.25, 0.3) is 0 Å². The first kappa shape index (κ1) is 12.9. The molecule has 3 unspecified atom stereocenters. The summed E-state index contributed by atoms with van der Waals surface area (Å²) in [6, 6.07) is 0.306. The second-order valence-corrected chi connectivity index (χ2v) is 6.56. The first-order chi connectivity index (χ1) is 7.92. The lowest BCUT2D eigenvalue weighted by Crippen LogP contribution is -2.48. The molecule has 0 aromatic heterocycles. The Labute approximate surface area is 105 Å². The monoisotopic (exact) mass is 238 g/mol. The lowest BCUT2D eigenvalue weighted by Gasteiger charge is -2.39. The quantitative estimate of drug-likeness (QED) is 0.761. The van der Waals surface area contributed by atoms with Gasteiger partial charge in [0.05, 0.1) is 0 Å². The predicted octanol–water partition coefficient (Wildman–Crippen LogP) is 2.15. The number of carbonyl (C=O) groups is 1. The summed E-state index contributed by atoms with van der Waals surface area (Å²) in [5.41, 5.74) is 6.04. The minimum Gasteiger partial charge on any atom is -0.337 e. The number of amides is 1. The van der Waals surface area contributed by atoms with Gasteiger partial charge in [-0.3, -0.25) is 4.79 Å². The summed E-state index contributed by atoms with van der Waals surface area (Å²) in [5.74, 6) is 1.04. The number of hydrogen-bond acceptors (Lipinski definition) is 2. The normalized spacial score (nSPS) is 37.2. The number of hydrogen-bond donors (Lipinski definition) is 1. The van der Waals surface area contributed by atoms with Gasteiger partial charge < -0.3 is 10.6 Å². The third-order valence-electron chi connectivity index (χ3n) is 4.69. The topological polar surface area (TPSA) is 46.3 Å². The maximum absolute atomic E-state index is 12.6. The van der Waals surface area contributed by atoms with E-state index in [9.17, 15) is 4.79 Å². The van der Waals surface area contributed by atoms with Crippen LogP contribution in [-0.4, -0.2) is 28.9 Å². The molecule has 1 saturated carbocycles. The lowest BCUT2D eigenvalue weighted by atomic mass is 9.77. The molecule has 0 aromatic rings. The molecule has 1 saturated heterocycles. The third kappa shape index (κ3) is 2.49. The fourth-order valence-electron chi connectivity index (χ4n) is 3.52. The van der Waals surface area contributed by atoms with Crippen molar-refractivity contribution in [3.8, 4) is 0 Å². The van der Waals surface area contributed by atoms with Crippen LogP contribution in [0, 0.1) is 11.8 Å². The molecule has 3 atom stereocenters. The van der Waals surface area contributed by atoms with Crippen molar-refractivity contribution >= 4 is 5.91 Å². The molecule has 0 aromatic carbocycles. The van der Waals surface area contributed by atoms with E-state index in [2.05, 4.69) is 25.7 Å². The number of likely N-dealkylation sites (tertiary alicyclic amines) is 1. The lowest BCUT2D eigenvalue weighted by molar-refractivity contribution is -0.141. The van der Waals surface area contributed by atoms with E-state index < -0.39 is 0 Å². The van der Waals surface area contributed by atoms with Crippen molar-refractivity contribution < 1.29 is 4.79 Å². The second-order valence-electron chi connectivity index (χ2n) is 6.56. The third-order valence-corrected chi connectivity index (χ3v) is 4.69. The molecule has 2 fully saturated rings. The molecule has 1 aliphatic heterocycles. The minimum absolute atomic E-state index is 0.0658. The zero-order valence-corrected chi connectivity index (χ0v) is 11.4. The fraction of sp³-hybridized carbons (Fsp3) is 0.929. The summed E-state index contributed by atoms with van der Waals surface area (Å²) >= 11 is 0. The van der Waals surface area contributed by atoms with Crippen LogP contribution in [0.15, 0.2) is 0 Å². The van der Waals surface area contributed by atoms with Crippen LogP contribution in [0.2, 0.25) is 0 Å². The largest absolute Gasteiger partial charge is 0.337 e. The van der Waals surface area contributed by atoms with E-state index in [-0.39, 0.29) is 11.5 Å². The molecular formula is C14H26N2O. The van der Waals surface area contributed by atoms with Gasteiger partial charge in [0.1, 0.15) is 0 Å². The Morgan fingerprint density at radius 1 is 1.35 bits per heavy atom. The van der Waals surface area contributed by atoms with E-state index in [1.165, 1.54) is 0 Å². The van der Waals surface area contributed by atoms with Crippen LogP contribution in [0.1, 0.15) is 52.9 Å². The summed E-state index contributed by atoms with van der Waals surface area (Å²) in [6.45, 7) is 7.51. The SMILES string of the molecule is CC1CC(N)CCC1C(=O)N1CCCC1(C)C. The van der Waals surface area contributed by atoms with Gasteiger partial charge in [-0.25, -0.2) is 0 Å². The van der Waals surface area contributed by atoms with Crippen molar-refractivity contribution in [3.05, 3.63) is 0 Å². The molecule has 0 spiro atoms. The molecule has 98 valence electrons. The van der Waals surface area contributed by atoms with Gasteiger partial charge >= 0.3 is 0 Å². The molecule has 1 aliphatic carbocycles. The molecule has 1 amide bonds. The number of rotatable bonds is 1. The Hall–Kier alpha value is -0.570. The Bertz CT molecular complexity index is 301. The van der Waals surface area contributed by atoms with Crippen LogP contribution in [0.4, 0.5) is 0 Å². The van der Waals surface area contributed by atoms with E-state index in [1.54, 1.807) is 0 Å². The van der Waals surface area contributed by atoms with Crippen molar-refractivity contribution in [1.82, 2.24) is 4.90 Å². The highest BCUT2D eigenvalue weighted by Gasteiger charge is 2.41. The molecular weight excluding hydrogens is 212 g/mol. The van der Waals surface area contributed by atoms with E-state index in [0.717, 1.165) is 38.6 Å². The van der Waals surface area contributed by atoms with Gasteiger partial charge in [-0.15, -0.1) is 0 Å². The first-order valence-electron chi connectivity index (χ1n) is 6.99. The molecule has 3 heteroatoms. The molecule has 2 N–H and O–H groups in total. The van der Waals surface area contributed by atoms with Crippen LogP contribution in [0.5, 0.6) is 0 Å². The van der Waals surface area contributed by atoms with E-state index in [1.807, 2.05) is 0 Å². The standard InChI is InChI=1S/C14H26N2O/c1-10-9-11(15)5-6-12(10)13(17)16-8-4-7-14(16,2)3/h10-12H,4-9,15H2,1-3H3. The van der Waals surface area contributed by atoms with E-state index in [0.29, 0.717) is 17.9 Å². The molecule has 2 aliphatic rings. The van der Waals surface area contributed by atoms with Crippen LogP contribution >= 0.6 is 0 Å². The zero-order valence-electron chi connectivity index (χ0n) is 11.4. The Morgan fingerprint density at radius 3 is 2.59 bits per heavy atom. The molecule has 2 rings (SSSR count). The first-order valence-corrected chi connectivity index (χ1v) is 6.99. The highest BCUT2D eigenvalue weighted by atomic mass is 16.2. The van der Waals surface area contributed by atoms with Gasteiger partial charge in [-0.05, 0) is 51.9 Å². The van der Waals surface area contributed by atoms with Crippen molar-refractivity contribution in [2.45, 2.75) is 64.5 Å². The predicted molar refractivity (Wildman–Crippen MR) is 69.5 cm³/mol. The summed E-state index contributed by atoms with van der Waals surface area (Å²) in [5, 5.41) is 0. The zero-order chi connectivity index (χ0) is 12.6. The van der Waals surface area contributed by atoms with Gasteiger partial charge in [0.2, 0.25) is 5.91 Å². The van der Waals surface area contributed by atoms with Crippen molar-refractivity contribution in [1.29, 1.82) is 0 Å². The molecule has 0 bridgehead atoms. The van der Waals surface area contributed by atoms with Crippen LogP contribution in [0.3, 0.4) is 0 Å². The van der Waals surface area contributed by atoms with Crippen LogP contribution < -0.4 is 5.73 Å². The maximum Gasteiger partial charge on any atom is 0.226 e. The summed E-state index contributed by atoms with van der Waals surface area (Å²) in [4.78, 5) is 14.7. The summed E-state index contributed by atoms with van der Waals surface area (Å²) < 4.78 is 0. The molecule has 3 nitrogen and oxygen atoms in total. The highest BCUT2D eigenvalue weighted by molar-refractivity contribution is 5.80. The smallest absolute Gasteiger partial charge is 0.226 e. The number of nitrogens with zero attached hydrogens (tertiary/aromatic N) is 1. The Morgan fingerprint density at radius 2 is 2.06 bits per heavy atom. The van der Waals surface area contributed by atoms with Crippen LogP contribution in [-0.2, 0) is 4.79 Å². The molecule has 0 radical (unpaired) electrons. The Kier molecular flexibility index (Phi) is 3.48. The van der Waals surface area contributed by atoms with Gasteiger partial charge in [-0.2, -0.15) is 0 Å². The molecule has 17 heavy (non-hydrogen) atoms. The summed E-state index contributed by atoms with van der Waals surface area (Å²) in [6.07, 6.45) is 5.28. The number of carbonyl (C=O) groups excluding carboxylic acids is 1. The number of nitrogens with two attached hydrogens (primary N) is 1. The van der Waals surface area contributed by atoms with E-state index in [4.69, 9.17) is 5.73 Å². The van der Waals surface area contributed by atoms with E-state index >= 15 is 0 Å². The minimum atomic E-state index is 0.0658. The maximum atomic E-state index is 12.6. The second kappa shape index (κ2) is 4.60. The Balaban J connectivity index is 2.05. The van der Waals surface area contributed by atoms with Crippen molar-refractivity contribution in [2.75, 3.05) is 6.54 Å². The van der Waals surface area contributed by atoms with Crippen molar-refractivity contribution in [2.24, 2.45) is 17.6 Å².